The van der Waals surface area contributed by atoms with Gasteiger partial charge in [0.05, 0.1) is 13.2 Å². The van der Waals surface area contributed by atoms with Crippen molar-refractivity contribution in [1.29, 1.82) is 0 Å². The zero-order chi connectivity index (χ0) is 17.9. The van der Waals surface area contributed by atoms with Crippen molar-refractivity contribution in [2.45, 2.75) is 39.0 Å². The van der Waals surface area contributed by atoms with E-state index in [-0.39, 0.29) is 35.2 Å². The molecule has 146 valence electrons. The monoisotopic (exact) mass is 475 g/mol. The predicted molar refractivity (Wildman–Crippen MR) is 115 cm³/mol. The molecule has 1 spiro atoms. The predicted octanol–water partition coefficient (Wildman–Crippen LogP) is 3.80. The van der Waals surface area contributed by atoms with E-state index in [0.717, 1.165) is 50.8 Å². The van der Waals surface area contributed by atoms with Crippen molar-refractivity contribution >= 4 is 29.9 Å². The fraction of sp³-hybridized carbons (Fsp3) is 0.650. The summed E-state index contributed by atoms with van der Waals surface area (Å²) in [5.74, 6) is 0.791. The Morgan fingerprint density at radius 3 is 2.65 bits per heavy atom. The summed E-state index contributed by atoms with van der Waals surface area (Å²) in [6, 6.07) is 6.77. The number of hydrogen-bond acceptors (Lipinski definition) is 2. The molecule has 0 aliphatic carbocycles. The smallest absolute Gasteiger partial charge is 0.193 e. The average Bonchev–Trinajstić information content (AvgIpc) is 3.22. The Labute approximate surface area is 173 Å². The summed E-state index contributed by atoms with van der Waals surface area (Å²) in [4.78, 5) is 7.29. The van der Waals surface area contributed by atoms with Crippen LogP contribution in [0.15, 0.2) is 29.3 Å². The van der Waals surface area contributed by atoms with Gasteiger partial charge in [0.1, 0.15) is 5.82 Å². The second kappa shape index (κ2) is 8.87. The SMILES string of the molecule is CCNC(=NCC(C)(C)c1ccc(F)cc1)N1CCC2(CCOC2)C1.I. The number of hydrogen-bond donors (Lipinski definition) is 1. The molecule has 2 aliphatic rings. The van der Waals surface area contributed by atoms with Crippen LogP contribution in [0.1, 0.15) is 39.2 Å². The Morgan fingerprint density at radius 1 is 1.31 bits per heavy atom. The first-order chi connectivity index (χ1) is 11.9. The molecule has 3 rings (SSSR count). The van der Waals surface area contributed by atoms with E-state index in [1.165, 1.54) is 18.6 Å². The van der Waals surface area contributed by atoms with Crippen molar-refractivity contribution in [2.75, 3.05) is 39.4 Å². The highest BCUT2D eigenvalue weighted by Gasteiger charge is 2.42. The highest BCUT2D eigenvalue weighted by atomic mass is 127. The van der Waals surface area contributed by atoms with Gasteiger partial charge in [0.25, 0.3) is 0 Å². The molecular formula is C20H31FIN3O. The van der Waals surface area contributed by atoms with Crippen molar-refractivity contribution in [3.05, 3.63) is 35.6 Å². The van der Waals surface area contributed by atoms with E-state index in [1.807, 2.05) is 12.1 Å². The number of benzene rings is 1. The van der Waals surface area contributed by atoms with Gasteiger partial charge < -0.3 is 15.0 Å². The summed E-state index contributed by atoms with van der Waals surface area (Å²) in [6.07, 6.45) is 2.34. The maximum atomic E-state index is 13.2. The Kier molecular flexibility index (Phi) is 7.30. The summed E-state index contributed by atoms with van der Waals surface area (Å²) in [5, 5.41) is 3.44. The van der Waals surface area contributed by atoms with E-state index in [1.54, 1.807) is 0 Å². The molecule has 2 saturated heterocycles. The molecule has 2 heterocycles. The number of halogens is 2. The molecule has 1 atom stereocenters. The first-order valence-electron chi connectivity index (χ1n) is 9.31. The fourth-order valence-electron chi connectivity index (χ4n) is 3.78. The minimum Gasteiger partial charge on any atom is -0.381 e. The van der Waals surface area contributed by atoms with Crippen LogP contribution in [0, 0.1) is 11.2 Å². The molecule has 1 aromatic rings. The summed E-state index contributed by atoms with van der Waals surface area (Å²) in [6.45, 7) is 11.8. The number of guanidine groups is 1. The van der Waals surface area contributed by atoms with Crippen LogP contribution < -0.4 is 5.32 Å². The number of rotatable bonds is 4. The number of nitrogens with one attached hydrogen (secondary N) is 1. The Balaban J connectivity index is 0.00000243. The lowest BCUT2D eigenvalue weighted by Gasteiger charge is -2.27. The van der Waals surface area contributed by atoms with E-state index in [2.05, 4.69) is 31.0 Å². The molecule has 0 amide bonds. The van der Waals surface area contributed by atoms with Gasteiger partial charge in [0.2, 0.25) is 0 Å². The molecule has 0 radical (unpaired) electrons. The molecule has 0 saturated carbocycles. The highest BCUT2D eigenvalue weighted by Crippen LogP contribution is 2.38. The number of nitrogens with zero attached hydrogens (tertiary/aromatic N) is 2. The van der Waals surface area contributed by atoms with Crippen molar-refractivity contribution in [3.63, 3.8) is 0 Å². The van der Waals surface area contributed by atoms with E-state index >= 15 is 0 Å². The van der Waals surface area contributed by atoms with Crippen LogP contribution in [0.3, 0.4) is 0 Å². The molecule has 2 aliphatic heterocycles. The van der Waals surface area contributed by atoms with Crippen LogP contribution in [0.2, 0.25) is 0 Å². The third kappa shape index (κ3) is 4.88. The van der Waals surface area contributed by atoms with Crippen LogP contribution in [-0.2, 0) is 10.2 Å². The lowest BCUT2D eigenvalue weighted by molar-refractivity contribution is 0.156. The summed E-state index contributed by atoms with van der Waals surface area (Å²) < 4.78 is 18.8. The topological polar surface area (TPSA) is 36.9 Å². The van der Waals surface area contributed by atoms with E-state index < -0.39 is 0 Å². The molecule has 26 heavy (non-hydrogen) atoms. The zero-order valence-electron chi connectivity index (χ0n) is 16.1. The Bertz CT molecular complexity index is 612. The first kappa shape index (κ1) is 21.4. The zero-order valence-corrected chi connectivity index (χ0v) is 18.4. The normalized spacial score (nSPS) is 23.4. The molecule has 1 unspecified atom stereocenters. The maximum Gasteiger partial charge on any atom is 0.193 e. The Hall–Kier alpha value is -0.890. The van der Waals surface area contributed by atoms with Crippen LogP contribution in [-0.4, -0.2) is 50.3 Å². The quantitative estimate of drug-likeness (QED) is 0.409. The molecule has 1 N–H and O–H groups in total. The van der Waals surface area contributed by atoms with Gasteiger partial charge >= 0.3 is 0 Å². The lowest BCUT2D eigenvalue weighted by Crippen LogP contribution is -2.42. The number of aliphatic imine (C=N–C) groups is 1. The third-order valence-electron chi connectivity index (χ3n) is 5.51. The van der Waals surface area contributed by atoms with Crippen LogP contribution in [0.4, 0.5) is 4.39 Å². The van der Waals surface area contributed by atoms with Gasteiger partial charge in [0.15, 0.2) is 5.96 Å². The van der Waals surface area contributed by atoms with Crippen LogP contribution in [0.25, 0.3) is 0 Å². The summed E-state index contributed by atoms with van der Waals surface area (Å²) >= 11 is 0. The molecule has 1 aromatic carbocycles. The Morgan fingerprint density at radius 2 is 2.04 bits per heavy atom. The molecule has 0 bridgehead atoms. The second-order valence-corrected chi connectivity index (χ2v) is 8.04. The molecule has 6 heteroatoms. The minimum atomic E-state index is -0.197. The molecule has 4 nitrogen and oxygen atoms in total. The third-order valence-corrected chi connectivity index (χ3v) is 5.51. The highest BCUT2D eigenvalue weighted by molar-refractivity contribution is 14.0. The largest absolute Gasteiger partial charge is 0.381 e. The van der Waals surface area contributed by atoms with Gasteiger partial charge in [-0.1, -0.05) is 26.0 Å². The van der Waals surface area contributed by atoms with Gasteiger partial charge in [-0.3, -0.25) is 4.99 Å². The number of likely N-dealkylation sites (tertiary alicyclic amines) is 1. The van der Waals surface area contributed by atoms with Gasteiger partial charge in [-0.15, -0.1) is 24.0 Å². The fourth-order valence-corrected chi connectivity index (χ4v) is 3.78. The maximum absolute atomic E-state index is 13.2. The van der Waals surface area contributed by atoms with E-state index in [9.17, 15) is 4.39 Å². The van der Waals surface area contributed by atoms with Crippen molar-refractivity contribution in [2.24, 2.45) is 10.4 Å². The standard InChI is InChI=1S/C20H30FN3O.HI/c1-4-22-18(24-11-9-20(14-24)10-12-25-15-20)23-13-19(2,3)16-5-7-17(21)8-6-16;/h5-8H,4,9-15H2,1-3H3,(H,22,23);1H. The molecule has 2 fully saturated rings. The van der Waals surface area contributed by atoms with Gasteiger partial charge in [-0.05, 0) is 37.5 Å². The van der Waals surface area contributed by atoms with Gasteiger partial charge in [-0.2, -0.15) is 0 Å². The molecule has 0 aromatic heterocycles. The lowest BCUT2D eigenvalue weighted by atomic mass is 9.85. The summed E-state index contributed by atoms with van der Waals surface area (Å²) in [5.41, 5.74) is 1.29. The van der Waals surface area contributed by atoms with Crippen molar-refractivity contribution in [3.8, 4) is 0 Å². The average molecular weight is 475 g/mol. The van der Waals surface area contributed by atoms with E-state index in [4.69, 9.17) is 9.73 Å². The van der Waals surface area contributed by atoms with Crippen molar-refractivity contribution in [1.82, 2.24) is 10.2 Å². The first-order valence-corrected chi connectivity index (χ1v) is 9.31. The van der Waals surface area contributed by atoms with Crippen molar-refractivity contribution < 1.29 is 9.13 Å². The van der Waals surface area contributed by atoms with Gasteiger partial charge in [0, 0.05) is 37.1 Å². The summed E-state index contributed by atoms with van der Waals surface area (Å²) in [7, 11) is 0. The van der Waals surface area contributed by atoms with Crippen LogP contribution in [0.5, 0.6) is 0 Å². The minimum absolute atomic E-state index is 0. The number of ether oxygens (including phenoxy) is 1. The van der Waals surface area contributed by atoms with Gasteiger partial charge in [-0.25, -0.2) is 4.39 Å². The van der Waals surface area contributed by atoms with E-state index in [0.29, 0.717) is 12.0 Å². The molecular weight excluding hydrogens is 444 g/mol. The second-order valence-electron chi connectivity index (χ2n) is 8.04. The van der Waals surface area contributed by atoms with Crippen LogP contribution >= 0.6 is 24.0 Å².